The first-order valence-electron chi connectivity index (χ1n) is 12.6. The van der Waals surface area contributed by atoms with Crippen LogP contribution >= 0.6 is 0 Å². The monoisotopic (exact) mass is 462 g/mol. The van der Waals surface area contributed by atoms with E-state index < -0.39 is 5.60 Å². The van der Waals surface area contributed by atoms with Gasteiger partial charge in [0.15, 0.2) is 0 Å². The Morgan fingerprint density at radius 3 is 2.71 bits per heavy atom. The van der Waals surface area contributed by atoms with Crippen molar-refractivity contribution in [2.75, 3.05) is 6.61 Å². The van der Waals surface area contributed by atoms with E-state index in [1.54, 1.807) is 12.1 Å². The maximum atomic E-state index is 12.6. The molecule has 1 heterocycles. The highest BCUT2D eigenvalue weighted by Gasteiger charge is 2.80. The normalized spacial score (nSPS) is 45.8. The highest BCUT2D eigenvalue weighted by atomic mass is 16.6. The van der Waals surface area contributed by atoms with Gasteiger partial charge in [0.05, 0.1) is 17.3 Å². The molecule has 6 rings (SSSR count). The number of rotatable bonds is 4. The Labute approximate surface area is 201 Å². The van der Waals surface area contributed by atoms with Crippen LogP contribution in [0.15, 0.2) is 66.0 Å². The Hall–Kier alpha value is -2.21. The third kappa shape index (κ3) is 2.64. The van der Waals surface area contributed by atoms with Gasteiger partial charge in [0.1, 0.15) is 11.4 Å². The van der Waals surface area contributed by atoms with Gasteiger partial charge < -0.3 is 19.7 Å². The Morgan fingerprint density at radius 1 is 1.21 bits per heavy atom. The van der Waals surface area contributed by atoms with E-state index >= 15 is 0 Å². The number of aliphatic hydroxyl groups is 2. The summed E-state index contributed by atoms with van der Waals surface area (Å²) in [6.07, 6.45) is 11.5. The molecule has 180 valence electrons. The molecule has 2 saturated carbocycles. The number of carbonyl (C=O) groups is 1. The number of hydrogen-bond donors (Lipinski definition) is 2. The number of esters is 1. The van der Waals surface area contributed by atoms with Crippen molar-refractivity contribution in [2.24, 2.45) is 28.6 Å². The lowest BCUT2D eigenvalue weighted by atomic mass is 9.48. The maximum Gasteiger partial charge on any atom is 0.343 e. The minimum atomic E-state index is -0.865. The van der Waals surface area contributed by atoms with E-state index in [4.69, 9.17) is 9.47 Å². The van der Waals surface area contributed by atoms with Crippen molar-refractivity contribution in [3.8, 4) is 0 Å². The topological polar surface area (TPSA) is 79.3 Å². The zero-order valence-electron chi connectivity index (χ0n) is 20.2. The van der Waals surface area contributed by atoms with Crippen LogP contribution in [0.1, 0.15) is 56.8 Å². The van der Waals surface area contributed by atoms with E-state index in [1.165, 1.54) is 0 Å². The Morgan fingerprint density at radius 2 is 1.97 bits per heavy atom. The van der Waals surface area contributed by atoms with E-state index in [9.17, 15) is 15.0 Å². The standard InChI is InChI=1S/C29H34O5/c1-18-15-23-22-10-9-20-16-21(33-25(31)19-7-5-4-6-8-19)11-12-26(20,2)29(22)24(34-29)17-27(23,3)28(18,32)13-14-30/h4-9,11-12,16,18,22-24,30,32H,10,13-15,17H2,1-3H3/t18-,22+,23+,24+,26+,27+,28-,29+/m1/s1. The van der Waals surface area contributed by atoms with E-state index in [-0.39, 0.29) is 41.0 Å². The van der Waals surface area contributed by atoms with Gasteiger partial charge in [0.2, 0.25) is 0 Å². The predicted molar refractivity (Wildman–Crippen MR) is 128 cm³/mol. The summed E-state index contributed by atoms with van der Waals surface area (Å²) in [7, 11) is 0. The fourth-order valence-electron chi connectivity index (χ4n) is 8.33. The number of ether oxygens (including phenoxy) is 2. The first kappa shape index (κ1) is 22.3. The van der Waals surface area contributed by atoms with Gasteiger partial charge in [-0.3, -0.25) is 0 Å². The van der Waals surface area contributed by atoms with Crippen molar-refractivity contribution in [1.29, 1.82) is 0 Å². The fraction of sp³-hybridized carbons (Fsp3) is 0.552. The minimum absolute atomic E-state index is 0.00423. The molecule has 5 nitrogen and oxygen atoms in total. The molecule has 5 heteroatoms. The molecule has 4 aliphatic carbocycles. The summed E-state index contributed by atoms with van der Waals surface area (Å²) >= 11 is 0. The summed E-state index contributed by atoms with van der Waals surface area (Å²) < 4.78 is 12.3. The number of epoxide rings is 1. The molecule has 8 atom stereocenters. The number of fused-ring (bicyclic) bond motifs is 3. The summed E-state index contributed by atoms with van der Waals surface area (Å²) in [6.45, 7) is 6.61. The largest absolute Gasteiger partial charge is 0.423 e. The molecule has 0 aromatic heterocycles. The van der Waals surface area contributed by atoms with Gasteiger partial charge in [-0.05, 0) is 73.8 Å². The SMILES string of the molecule is C[C@@H]1C[C@H]2[C@@H]3CC=C4C=C(OC(=O)c5ccccc5)C=C[C@]4(C)[C@]34O[C@H]4C[C@]2(C)[C@@]1(O)CCO. The third-order valence-corrected chi connectivity index (χ3v) is 10.2. The summed E-state index contributed by atoms with van der Waals surface area (Å²) in [5.41, 5.74) is -0.0409. The van der Waals surface area contributed by atoms with E-state index in [2.05, 4.69) is 32.9 Å². The van der Waals surface area contributed by atoms with Crippen LogP contribution < -0.4 is 0 Å². The highest BCUT2D eigenvalue weighted by Crippen LogP contribution is 2.76. The smallest absolute Gasteiger partial charge is 0.343 e. The molecule has 1 aromatic carbocycles. The lowest BCUT2D eigenvalue weighted by molar-refractivity contribution is -0.128. The lowest BCUT2D eigenvalue weighted by Crippen LogP contribution is -2.59. The van der Waals surface area contributed by atoms with Crippen LogP contribution in [-0.2, 0) is 9.47 Å². The van der Waals surface area contributed by atoms with Crippen LogP contribution in [0.2, 0.25) is 0 Å². The Bertz CT molecular complexity index is 1120. The molecule has 1 aromatic rings. The fourth-order valence-corrected chi connectivity index (χ4v) is 8.33. The molecule has 0 unspecified atom stereocenters. The van der Waals surface area contributed by atoms with Gasteiger partial charge in [-0.2, -0.15) is 0 Å². The number of allylic oxidation sites excluding steroid dienone is 3. The maximum absolute atomic E-state index is 12.6. The molecule has 3 fully saturated rings. The van der Waals surface area contributed by atoms with Crippen LogP contribution in [-0.4, -0.2) is 40.1 Å². The second-order valence-corrected chi connectivity index (χ2v) is 11.5. The molecule has 2 N–H and O–H groups in total. The van der Waals surface area contributed by atoms with E-state index in [1.807, 2.05) is 30.4 Å². The summed E-state index contributed by atoms with van der Waals surface area (Å²) in [5.74, 6) is 0.989. The minimum Gasteiger partial charge on any atom is -0.423 e. The van der Waals surface area contributed by atoms with Gasteiger partial charge in [-0.25, -0.2) is 4.79 Å². The molecule has 5 aliphatic rings. The molecule has 0 bridgehead atoms. The zero-order chi connectivity index (χ0) is 23.9. The molecule has 1 saturated heterocycles. The average Bonchev–Trinajstić information content (AvgIpc) is 3.50. The molecule has 1 aliphatic heterocycles. The van der Waals surface area contributed by atoms with Crippen LogP contribution in [0.25, 0.3) is 0 Å². The quantitative estimate of drug-likeness (QED) is 0.506. The van der Waals surface area contributed by atoms with Gasteiger partial charge in [-0.15, -0.1) is 0 Å². The van der Waals surface area contributed by atoms with Crippen molar-refractivity contribution in [3.63, 3.8) is 0 Å². The lowest BCUT2D eigenvalue weighted by Gasteiger charge is -2.55. The number of benzene rings is 1. The van der Waals surface area contributed by atoms with Crippen molar-refractivity contribution in [3.05, 3.63) is 71.5 Å². The number of carbonyl (C=O) groups excluding carboxylic acids is 1. The first-order chi connectivity index (χ1) is 16.2. The van der Waals surface area contributed by atoms with Crippen LogP contribution in [0, 0.1) is 28.6 Å². The van der Waals surface area contributed by atoms with Crippen molar-refractivity contribution in [1.82, 2.24) is 0 Å². The number of hydrogen-bond acceptors (Lipinski definition) is 5. The van der Waals surface area contributed by atoms with Gasteiger partial charge >= 0.3 is 5.97 Å². The van der Waals surface area contributed by atoms with Crippen molar-refractivity contribution < 1.29 is 24.5 Å². The number of aliphatic hydroxyl groups excluding tert-OH is 1. The molecule has 34 heavy (non-hydrogen) atoms. The molecule has 0 amide bonds. The van der Waals surface area contributed by atoms with Crippen LogP contribution in [0.4, 0.5) is 0 Å². The summed E-state index contributed by atoms with van der Waals surface area (Å²) in [4.78, 5) is 12.6. The van der Waals surface area contributed by atoms with Gasteiger partial charge in [0, 0.05) is 23.9 Å². The van der Waals surface area contributed by atoms with Crippen molar-refractivity contribution in [2.45, 2.75) is 63.8 Å². The van der Waals surface area contributed by atoms with Crippen LogP contribution in [0.5, 0.6) is 0 Å². The molecule has 1 spiro atoms. The van der Waals surface area contributed by atoms with Gasteiger partial charge in [0.25, 0.3) is 0 Å². The highest BCUT2D eigenvalue weighted by molar-refractivity contribution is 5.90. The second kappa shape index (κ2) is 7.16. The van der Waals surface area contributed by atoms with E-state index in [0.29, 0.717) is 29.6 Å². The Kier molecular flexibility index (Phi) is 4.69. The molecular formula is C29H34O5. The van der Waals surface area contributed by atoms with Crippen molar-refractivity contribution >= 4 is 5.97 Å². The average molecular weight is 463 g/mol. The zero-order valence-corrected chi connectivity index (χ0v) is 20.2. The Balaban J connectivity index is 1.31. The van der Waals surface area contributed by atoms with E-state index in [0.717, 1.165) is 24.8 Å². The third-order valence-electron chi connectivity index (χ3n) is 10.2. The summed E-state index contributed by atoms with van der Waals surface area (Å²) in [5, 5.41) is 21.5. The summed E-state index contributed by atoms with van der Waals surface area (Å²) in [6, 6.07) is 9.04. The first-order valence-corrected chi connectivity index (χ1v) is 12.6. The van der Waals surface area contributed by atoms with Crippen LogP contribution in [0.3, 0.4) is 0 Å². The second-order valence-electron chi connectivity index (χ2n) is 11.5. The molecule has 0 radical (unpaired) electrons. The van der Waals surface area contributed by atoms with Gasteiger partial charge in [-0.1, -0.05) is 44.2 Å². The predicted octanol–water partition coefficient (Wildman–Crippen LogP) is 4.57. The molecular weight excluding hydrogens is 428 g/mol.